The van der Waals surface area contributed by atoms with Crippen molar-refractivity contribution in [1.82, 2.24) is 5.32 Å². The lowest BCUT2D eigenvalue weighted by molar-refractivity contribution is -0.136. The highest BCUT2D eigenvalue weighted by atomic mass is 16.5. The van der Waals surface area contributed by atoms with Crippen LogP contribution in [0.25, 0.3) is 0 Å². The molecule has 0 aromatic heterocycles. The molecule has 0 atom stereocenters. The standard InChI is InChI=1S/C20H24N2O4/c1-15(2)25-14-6-13-21-19(23)20(24)22-16-9-11-18(12-10-16)26-17-7-4-3-5-8-17/h3-5,7-12,15H,6,13-14H2,1-2H3,(H,21,23)(H,22,24). The van der Waals surface area contributed by atoms with Gasteiger partial charge in [-0.05, 0) is 56.7 Å². The van der Waals surface area contributed by atoms with Gasteiger partial charge in [0.1, 0.15) is 11.5 Å². The molecule has 6 heteroatoms. The van der Waals surface area contributed by atoms with Gasteiger partial charge in [-0.3, -0.25) is 9.59 Å². The zero-order valence-corrected chi connectivity index (χ0v) is 15.0. The molecule has 138 valence electrons. The molecule has 0 radical (unpaired) electrons. The van der Waals surface area contributed by atoms with Crippen LogP contribution in [0.5, 0.6) is 11.5 Å². The van der Waals surface area contributed by atoms with Crippen molar-refractivity contribution >= 4 is 17.5 Å². The molecule has 0 unspecified atom stereocenters. The van der Waals surface area contributed by atoms with E-state index in [-0.39, 0.29) is 6.10 Å². The number of para-hydroxylation sites is 1. The Bertz CT molecular complexity index is 700. The van der Waals surface area contributed by atoms with Gasteiger partial charge in [-0.1, -0.05) is 18.2 Å². The van der Waals surface area contributed by atoms with Crippen molar-refractivity contribution in [2.75, 3.05) is 18.5 Å². The molecule has 0 aliphatic rings. The zero-order chi connectivity index (χ0) is 18.8. The van der Waals surface area contributed by atoms with Crippen LogP contribution in [0.15, 0.2) is 54.6 Å². The molecule has 2 aromatic rings. The number of ether oxygens (including phenoxy) is 2. The lowest BCUT2D eigenvalue weighted by Gasteiger charge is -2.09. The third-order valence-electron chi connectivity index (χ3n) is 3.36. The zero-order valence-electron chi connectivity index (χ0n) is 15.0. The Labute approximate surface area is 153 Å². The Hall–Kier alpha value is -2.86. The molecule has 0 aliphatic heterocycles. The molecular formula is C20H24N2O4. The minimum atomic E-state index is -0.702. The lowest BCUT2D eigenvalue weighted by atomic mass is 10.3. The minimum absolute atomic E-state index is 0.155. The molecule has 2 amide bonds. The fourth-order valence-corrected chi connectivity index (χ4v) is 2.09. The van der Waals surface area contributed by atoms with Crippen LogP contribution < -0.4 is 15.4 Å². The first-order chi connectivity index (χ1) is 12.5. The molecule has 0 spiro atoms. The molecule has 2 aromatic carbocycles. The van der Waals surface area contributed by atoms with Crippen LogP contribution in [0, 0.1) is 0 Å². The number of anilines is 1. The molecule has 0 bridgehead atoms. The Morgan fingerprint density at radius 2 is 1.58 bits per heavy atom. The smallest absolute Gasteiger partial charge is 0.313 e. The summed E-state index contributed by atoms with van der Waals surface area (Å²) in [6.45, 7) is 4.83. The molecule has 0 saturated carbocycles. The highest BCUT2D eigenvalue weighted by Crippen LogP contribution is 2.22. The van der Waals surface area contributed by atoms with E-state index in [4.69, 9.17) is 9.47 Å². The van der Waals surface area contributed by atoms with E-state index in [0.29, 0.717) is 31.0 Å². The van der Waals surface area contributed by atoms with Crippen molar-refractivity contribution in [3.05, 3.63) is 54.6 Å². The molecule has 0 aliphatic carbocycles. The number of amides is 2. The first-order valence-corrected chi connectivity index (χ1v) is 8.58. The largest absolute Gasteiger partial charge is 0.457 e. The average molecular weight is 356 g/mol. The number of carbonyl (C=O) groups excluding carboxylic acids is 2. The van der Waals surface area contributed by atoms with Gasteiger partial charge in [-0.15, -0.1) is 0 Å². The Kier molecular flexibility index (Phi) is 7.64. The van der Waals surface area contributed by atoms with E-state index in [1.165, 1.54) is 0 Å². The van der Waals surface area contributed by atoms with Crippen LogP contribution in [0.3, 0.4) is 0 Å². The molecule has 0 heterocycles. The SMILES string of the molecule is CC(C)OCCCNC(=O)C(=O)Nc1ccc(Oc2ccccc2)cc1. The predicted octanol–water partition coefficient (Wildman–Crippen LogP) is 3.35. The van der Waals surface area contributed by atoms with Crippen LogP contribution in [-0.2, 0) is 14.3 Å². The van der Waals surface area contributed by atoms with Crippen molar-refractivity contribution in [3.8, 4) is 11.5 Å². The van der Waals surface area contributed by atoms with Gasteiger partial charge in [-0.25, -0.2) is 0 Å². The third-order valence-corrected chi connectivity index (χ3v) is 3.36. The topological polar surface area (TPSA) is 76.7 Å². The fraction of sp³-hybridized carbons (Fsp3) is 0.300. The van der Waals surface area contributed by atoms with E-state index in [0.717, 1.165) is 5.75 Å². The normalized spacial score (nSPS) is 10.4. The third kappa shape index (κ3) is 6.94. The van der Waals surface area contributed by atoms with Crippen LogP contribution in [0.2, 0.25) is 0 Å². The summed E-state index contributed by atoms with van der Waals surface area (Å²) in [4.78, 5) is 23.6. The van der Waals surface area contributed by atoms with Gasteiger partial charge < -0.3 is 20.1 Å². The number of hydrogen-bond donors (Lipinski definition) is 2. The van der Waals surface area contributed by atoms with Crippen LogP contribution in [-0.4, -0.2) is 31.1 Å². The van der Waals surface area contributed by atoms with E-state index in [9.17, 15) is 9.59 Å². The summed E-state index contributed by atoms with van der Waals surface area (Å²) < 4.78 is 11.0. The summed E-state index contributed by atoms with van der Waals surface area (Å²) in [5.41, 5.74) is 0.522. The van der Waals surface area contributed by atoms with Crippen LogP contribution in [0.1, 0.15) is 20.3 Å². The quantitative estimate of drug-likeness (QED) is 0.562. The number of benzene rings is 2. The maximum Gasteiger partial charge on any atom is 0.313 e. The Balaban J connectivity index is 1.75. The summed E-state index contributed by atoms with van der Waals surface area (Å²) in [5, 5.41) is 5.12. The molecule has 2 rings (SSSR count). The molecule has 0 saturated heterocycles. The van der Waals surface area contributed by atoms with Crippen molar-refractivity contribution in [2.45, 2.75) is 26.4 Å². The molecule has 0 fully saturated rings. The first kappa shape index (κ1) is 19.5. The van der Waals surface area contributed by atoms with Gasteiger partial charge in [0.25, 0.3) is 0 Å². The van der Waals surface area contributed by atoms with E-state index in [2.05, 4.69) is 10.6 Å². The van der Waals surface area contributed by atoms with Gasteiger partial charge in [0.15, 0.2) is 0 Å². The van der Waals surface area contributed by atoms with Gasteiger partial charge in [0, 0.05) is 18.8 Å². The second-order valence-corrected chi connectivity index (χ2v) is 5.92. The van der Waals surface area contributed by atoms with Gasteiger partial charge in [-0.2, -0.15) is 0 Å². The molecule has 2 N–H and O–H groups in total. The maximum atomic E-state index is 11.9. The summed E-state index contributed by atoms with van der Waals surface area (Å²) in [7, 11) is 0. The van der Waals surface area contributed by atoms with E-state index in [1.807, 2.05) is 44.2 Å². The monoisotopic (exact) mass is 356 g/mol. The van der Waals surface area contributed by atoms with Crippen LogP contribution in [0.4, 0.5) is 5.69 Å². The number of hydrogen-bond acceptors (Lipinski definition) is 4. The minimum Gasteiger partial charge on any atom is -0.457 e. The van der Waals surface area contributed by atoms with Gasteiger partial charge in [0.05, 0.1) is 6.10 Å². The maximum absolute atomic E-state index is 11.9. The van der Waals surface area contributed by atoms with E-state index < -0.39 is 11.8 Å². The predicted molar refractivity (Wildman–Crippen MR) is 100 cm³/mol. The van der Waals surface area contributed by atoms with Crippen LogP contribution >= 0.6 is 0 Å². The summed E-state index contributed by atoms with van der Waals surface area (Å²) in [6, 6.07) is 16.2. The average Bonchev–Trinajstić information content (AvgIpc) is 2.63. The Morgan fingerprint density at radius 3 is 2.23 bits per heavy atom. The highest BCUT2D eigenvalue weighted by Gasteiger charge is 2.13. The second kappa shape index (κ2) is 10.2. The fourth-order valence-electron chi connectivity index (χ4n) is 2.09. The van der Waals surface area contributed by atoms with E-state index >= 15 is 0 Å². The highest BCUT2D eigenvalue weighted by molar-refractivity contribution is 6.39. The number of rotatable bonds is 8. The number of carbonyl (C=O) groups is 2. The van der Waals surface area contributed by atoms with Crippen molar-refractivity contribution in [1.29, 1.82) is 0 Å². The Morgan fingerprint density at radius 1 is 0.923 bits per heavy atom. The number of nitrogens with one attached hydrogen (secondary N) is 2. The van der Waals surface area contributed by atoms with Gasteiger partial charge >= 0.3 is 11.8 Å². The first-order valence-electron chi connectivity index (χ1n) is 8.58. The molecular weight excluding hydrogens is 332 g/mol. The lowest BCUT2D eigenvalue weighted by Crippen LogP contribution is -2.36. The molecule has 26 heavy (non-hydrogen) atoms. The summed E-state index contributed by atoms with van der Waals surface area (Å²) in [5.74, 6) is -0.000391. The van der Waals surface area contributed by atoms with Crippen molar-refractivity contribution in [3.63, 3.8) is 0 Å². The van der Waals surface area contributed by atoms with Gasteiger partial charge in [0.2, 0.25) is 0 Å². The van der Waals surface area contributed by atoms with Crippen molar-refractivity contribution in [2.24, 2.45) is 0 Å². The van der Waals surface area contributed by atoms with Crippen molar-refractivity contribution < 1.29 is 19.1 Å². The summed E-state index contributed by atoms with van der Waals surface area (Å²) in [6.07, 6.45) is 0.811. The molecule has 6 nitrogen and oxygen atoms in total. The van der Waals surface area contributed by atoms with E-state index in [1.54, 1.807) is 24.3 Å². The second-order valence-electron chi connectivity index (χ2n) is 5.92. The summed E-state index contributed by atoms with van der Waals surface area (Å²) >= 11 is 0.